The number of nitrogens with zero attached hydrogens (tertiary/aromatic N) is 1. The van der Waals surface area contributed by atoms with Crippen LogP contribution in [0.1, 0.15) is 0 Å². The van der Waals surface area contributed by atoms with E-state index in [9.17, 15) is 0 Å². The van der Waals surface area contributed by atoms with E-state index in [1.54, 1.807) is 0 Å². The third-order valence-corrected chi connectivity index (χ3v) is 0. The first-order valence-corrected chi connectivity index (χ1v) is 0.548. The van der Waals surface area contributed by atoms with Gasteiger partial charge in [-0.1, -0.05) is 0 Å². The van der Waals surface area contributed by atoms with Crippen molar-refractivity contribution >= 4 is 0 Å². The van der Waals surface area contributed by atoms with E-state index in [1.165, 1.54) is 0 Å². The minimum atomic E-state index is -1.75. The smallest absolute Gasteiger partial charge is 0.0689 e. The summed E-state index contributed by atoms with van der Waals surface area (Å²) in [5.41, 5.74) is 0. The van der Waals surface area contributed by atoms with Crippen LogP contribution in [-0.4, -0.2) is 5.09 Å². The fourth-order valence-electron chi connectivity index (χ4n) is 0. The van der Waals surface area contributed by atoms with E-state index in [1.807, 2.05) is 0 Å². The zero-order valence-corrected chi connectivity index (χ0v) is 7.08. The van der Waals surface area contributed by atoms with Gasteiger partial charge in [0.15, 0.2) is 0 Å². The number of hydrogen-bond donors (Lipinski definition) is 0. The number of rotatable bonds is 0. The first-order chi connectivity index (χ1) is 1.73. The summed E-state index contributed by atoms with van der Waals surface area (Å²) in [4.78, 5) is 8.25. The van der Waals surface area contributed by atoms with Gasteiger partial charge in [0.2, 0.25) is 0 Å². The molecule has 6 heteroatoms. The molecule has 0 amide bonds. The first kappa shape index (κ1) is 16.0. The zero-order chi connectivity index (χ0) is 3.58. The predicted molar refractivity (Wildman–Crippen MR) is 10.4 cm³/mol. The van der Waals surface area contributed by atoms with Crippen LogP contribution in [0.5, 0.6) is 0 Å². The van der Waals surface area contributed by atoms with Crippen LogP contribution in [0.2, 0.25) is 0 Å². The van der Waals surface area contributed by atoms with E-state index in [0.29, 0.717) is 0 Å². The van der Waals surface area contributed by atoms with Gasteiger partial charge in [0.25, 0.3) is 0 Å². The molecule has 4 nitrogen and oxygen atoms in total. The van der Waals surface area contributed by atoms with Gasteiger partial charge >= 0.3 is 0 Å². The molecule has 34 valence electrons. The molecule has 0 heterocycles. The summed E-state index contributed by atoms with van der Waals surface area (Å²) in [7, 11) is 0. The second kappa shape index (κ2) is 9.14. The van der Waals surface area contributed by atoms with Gasteiger partial charge in [0.05, 0.1) is 5.09 Å². The second-order valence-electron chi connectivity index (χ2n) is 0.224. The van der Waals surface area contributed by atoms with Gasteiger partial charge in [0.1, 0.15) is 0 Å². The van der Waals surface area contributed by atoms with Crippen molar-refractivity contribution in [3.05, 3.63) is 15.3 Å². The molecule has 0 saturated carbocycles. The van der Waals surface area contributed by atoms with E-state index in [-0.39, 0.29) is 42.8 Å². The van der Waals surface area contributed by atoms with Crippen LogP contribution in [0.4, 0.5) is 0 Å². The van der Waals surface area contributed by atoms with E-state index in [4.69, 9.17) is 15.3 Å². The summed E-state index contributed by atoms with van der Waals surface area (Å²) in [5.74, 6) is 0. The molecule has 0 spiro atoms. The largest absolute Gasteiger partial charge is 0.356 e. The fraction of sp³-hybridized carbons (Fsp3) is 0. The quantitative estimate of drug-likeness (QED) is 0.352. The predicted octanol–water partition coefficient (Wildman–Crippen LogP) is -0.244. The molecule has 0 aliphatic heterocycles. The molecule has 0 rings (SSSR count). The van der Waals surface area contributed by atoms with Crippen molar-refractivity contribution in [1.29, 1.82) is 0 Å². The number of hydrogen-bond acceptors (Lipinski definition) is 3. The summed E-state index contributed by atoms with van der Waals surface area (Å²) in [5, 5.41) is 14.8. The van der Waals surface area contributed by atoms with Crippen LogP contribution in [0, 0.1) is 15.3 Å². The van der Waals surface area contributed by atoms with Gasteiger partial charge in [-0.2, -0.15) is 0 Å². The molecule has 0 fully saturated rings. The van der Waals surface area contributed by atoms with Crippen molar-refractivity contribution in [2.45, 2.75) is 0 Å². The molecular weight excluding hydrogens is 294 g/mol. The molecule has 0 unspecified atom stereocenters. The molecule has 0 aromatic rings. The standard InChI is InChI=1S/NO3.Ti.W/c2-1(3)4;;/q-1;;. The van der Waals surface area contributed by atoms with Crippen molar-refractivity contribution in [2.24, 2.45) is 0 Å². The van der Waals surface area contributed by atoms with Crippen LogP contribution < -0.4 is 0 Å². The summed E-state index contributed by atoms with van der Waals surface area (Å²) in [6, 6.07) is 0. The van der Waals surface area contributed by atoms with Crippen LogP contribution in [0.15, 0.2) is 0 Å². The monoisotopic (exact) mass is 294 g/mol. The van der Waals surface area contributed by atoms with Crippen LogP contribution in [0.25, 0.3) is 0 Å². The Hall–Kier alpha value is 0.603. The molecule has 0 aromatic carbocycles. The maximum absolute atomic E-state index is 8.25. The Balaban J connectivity index is -0.0000000450. The third kappa shape index (κ3) is 165. The molecule has 0 N–H and O–H groups in total. The van der Waals surface area contributed by atoms with Gasteiger partial charge in [0, 0.05) is 42.8 Å². The minimum Gasteiger partial charge on any atom is -0.356 e. The maximum atomic E-state index is 8.25. The Kier molecular flexibility index (Phi) is 24.3. The summed E-state index contributed by atoms with van der Waals surface area (Å²) < 4.78 is 0. The van der Waals surface area contributed by atoms with Gasteiger partial charge < -0.3 is 15.3 Å². The summed E-state index contributed by atoms with van der Waals surface area (Å²) in [6.07, 6.45) is 0. The second-order valence-corrected chi connectivity index (χ2v) is 0.224. The average molecular weight is 294 g/mol. The average Bonchev–Trinajstić information content (AvgIpc) is 0.811. The van der Waals surface area contributed by atoms with Gasteiger partial charge in [-0.15, -0.1) is 0 Å². The molecule has 0 saturated heterocycles. The normalized spacial score (nSPS) is 4.00. The molecule has 0 aliphatic rings. The van der Waals surface area contributed by atoms with E-state index in [0.717, 1.165) is 0 Å². The van der Waals surface area contributed by atoms with Gasteiger partial charge in [-0.05, 0) is 0 Å². The molecular formula is NO3TiW-. The van der Waals surface area contributed by atoms with Crippen molar-refractivity contribution in [2.75, 3.05) is 0 Å². The van der Waals surface area contributed by atoms with Crippen LogP contribution >= 0.6 is 0 Å². The van der Waals surface area contributed by atoms with Crippen molar-refractivity contribution < 1.29 is 47.9 Å². The fourth-order valence-corrected chi connectivity index (χ4v) is 0. The SMILES string of the molecule is O=[N+]([O-])[O-].[Ti].[W]. The van der Waals surface area contributed by atoms with Crippen LogP contribution in [0.3, 0.4) is 0 Å². The van der Waals surface area contributed by atoms with E-state index in [2.05, 4.69) is 0 Å². The van der Waals surface area contributed by atoms with Gasteiger partial charge in [-0.3, -0.25) is 0 Å². The third-order valence-electron chi connectivity index (χ3n) is 0. The van der Waals surface area contributed by atoms with E-state index >= 15 is 0 Å². The topological polar surface area (TPSA) is 66.2 Å². The maximum Gasteiger partial charge on any atom is 0.0689 e. The molecule has 0 aromatic heterocycles. The zero-order valence-electron chi connectivity index (χ0n) is 2.58. The Morgan fingerprint density at radius 2 is 1.33 bits per heavy atom. The first-order valence-electron chi connectivity index (χ1n) is 0.548. The Morgan fingerprint density at radius 1 is 1.33 bits per heavy atom. The van der Waals surface area contributed by atoms with Crippen molar-refractivity contribution in [3.8, 4) is 0 Å². The summed E-state index contributed by atoms with van der Waals surface area (Å²) in [6.45, 7) is 0. The molecule has 0 aliphatic carbocycles. The molecule has 0 atom stereocenters. The van der Waals surface area contributed by atoms with Crippen molar-refractivity contribution in [1.82, 2.24) is 0 Å². The Bertz CT molecular complexity index is 33.8. The van der Waals surface area contributed by atoms with Crippen molar-refractivity contribution in [3.63, 3.8) is 0 Å². The van der Waals surface area contributed by atoms with E-state index < -0.39 is 5.09 Å². The molecule has 0 radical (unpaired) electrons. The Morgan fingerprint density at radius 3 is 1.33 bits per heavy atom. The van der Waals surface area contributed by atoms with Gasteiger partial charge in [-0.25, -0.2) is 0 Å². The summed E-state index contributed by atoms with van der Waals surface area (Å²) >= 11 is 0. The van der Waals surface area contributed by atoms with Crippen LogP contribution in [-0.2, 0) is 42.8 Å². The molecule has 6 heavy (non-hydrogen) atoms. The molecule has 0 bridgehead atoms. The Labute approximate surface area is 63.2 Å². The minimum absolute atomic E-state index is 0.